The zero-order valence-electron chi connectivity index (χ0n) is 11.5. The van der Waals surface area contributed by atoms with Crippen LogP contribution in [0.25, 0.3) is 11.1 Å². The fourth-order valence-corrected chi connectivity index (χ4v) is 2.28. The molecule has 6 N–H and O–H groups in total. The van der Waals surface area contributed by atoms with Gasteiger partial charge in [0, 0.05) is 23.4 Å². The summed E-state index contributed by atoms with van der Waals surface area (Å²) in [5.74, 6) is 0. The monoisotopic (exact) mass is 286 g/mol. The largest absolute Gasteiger partial charge is 0.399 e. The first-order valence-electron chi connectivity index (χ1n) is 6.57. The standard InChI is InChI=1S/C16H18N2O3/c17-12-5-14(11-3-1-2-10(4-11)8-19)15(16(18)6-12)7-13(21)9-20/h1-6,8,13,20-21H,7,9,17-18H2. The Bertz CT molecular complexity index is 656. The first-order chi connectivity index (χ1) is 10.0. The maximum absolute atomic E-state index is 10.9. The van der Waals surface area contributed by atoms with Crippen LogP contribution in [-0.4, -0.2) is 29.2 Å². The SMILES string of the molecule is Nc1cc(N)c(CC(O)CO)c(-c2cccc(C=O)c2)c1. The van der Waals surface area contributed by atoms with Gasteiger partial charge in [0.2, 0.25) is 0 Å². The third-order valence-corrected chi connectivity index (χ3v) is 3.29. The maximum atomic E-state index is 10.9. The Labute approximate surface area is 122 Å². The van der Waals surface area contributed by atoms with Crippen LogP contribution < -0.4 is 11.5 Å². The number of aliphatic hydroxyl groups excluding tert-OH is 2. The number of hydrogen-bond donors (Lipinski definition) is 4. The van der Waals surface area contributed by atoms with E-state index in [1.54, 1.807) is 30.3 Å². The predicted octanol–water partition coefficient (Wildman–Crippen LogP) is 1.23. The molecule has 0 aliphatic rings. The van der Waals surface area contributed by atoms with Crippen molar-refractivity contribution in [2.24, 2.45) is 0 Å². The Morgan fingerprint density at radius 1 is 1.19 bits per heavy atom. The molecule has 0 fully saturated rings. The molecule has 2 aromatic rings. The molecule has 0 spiro atoms. The fourth-order valence-electron chi connectivity index (χ4n) is 2.28. The topological polar surface area (TPSA) is 110 Å². The highest BCUT2D eigenvalue weighted by molar-refractivity contribution is 5.82. The van der Waals surface area contributed by atoms with E-state index in [1.807, 2.05) is 6.07 Å². The number of anilines is 2. The summed E-state index contributed by atoms with van der Waals surface area (Å²) in [6, 6.07) is 10.4. The van der Waals surface area contributed by atoms with E-state index in [0.717, 1.165) is 17.4 Å². The van der Waals surface area contributed by atoms with Gasteiger partial charge in [0.1, 0.15) is 6.29 Å². The highest BCUT2D eigenvalue weighted by Crippen LogP contribution is 2.32. The molecule has 21 heavy (non-hydrogen) atoms. The number of benzene rings is 2. The van der Waals surface area contributed by atoms with Crippen molar-refractivity contribution < 1.29 is 15.0 Å². The zero-order chi connectivity index (χ0) is 15.4. The van der Waals surface area contributed by atoms with Crippen molar-refractivity contribution in [3.05, 3.63) is 47.5 Å². The lowest BCUT2D eigenvalue weighted by Gasteiger charge is -2.16. The van der Waals surface area contributed by atoms with Gasteiger partial charge in [-0.1, -0.05) is 18.2 Å². The van der Waals surface area contributed by atoms with Gasteiger partial charge in [0.15, 0.2) is 0 Å². The van der Waals surface area contributed by atoms with Crippen LogP contribution in [0.1, 0.15) is 15.9 Å². The summed E-state index contributed by atoms with van der Waals surface area (Å²) >= 11 is 0. The third-order valence-electron chi connectivity index (χ3n) is 3.29. The fraction of sp³-hybridized carbons (Fsp3) is 0.188. The van der Waals surface area contributed by atoms with E-state index >= 15 is 0 Å². The van der Waals surface area contributed by atoms with Crippen molar-refractivity contribution in [3.63, 3.8) is 0 Å². The van der Waals surface area contributed by atoms with Crippen molar-refractivity contribution in [2.45, 2.75) is 12.5 Å². The summed E-state index contributed by atoms with van der Waals surface area (Å²) < 4.78 is 0. The Hall–Kier alpha value is -2.37. The Kier molecular flexibility index (Phi) is 4.57. The van der Waals surface area contributed by atoms with E-state index in [4.69, 9.17) is 16.6 Å². The van der Waals surface area contributed by atoms with Crippen LogP contribution in [0.2, 0.25) is 0 Å². The Balaban J connectivity index is 2.57. The molecule has 0 bridgehead atoms. The molecule has 0 aromatic heterocycles. The highest BCUT2D eigenvalue weighted by atomic mass is 16.3. The molecule has 1 unspecified atom stereocenters. The van der Waals surface area contributed by atoms with E-state index in [0.29, 0.717) is 22.5 Å². The minimum Gasteiger partial charge on any atom is -0.399 e. The summed E-state index contributed by atoms with van der Waals surface area (Å²) in [5, 5.41) is 18.7. The molecule has 0 aliphatic heterocycles. The average Bonchev–Trinajstić information content (AvgIpc) is 2.49. The van der Waals surface area contributed by atoms with Crippen molar-refractivity contribution in [1.82, 2.24) is 0 Å². The number of aliphatic hydroxyl groups is 2. The highest BCUT2D eigenvalue weighted by Gasteiger charge is 2.14. The molecule has 110 valence electrons. The normalized spacial score (nSPS) is 12.1. The molecule has 1 atom stereocenters. The second-order valence-corrected chi connectivity index (χ2v) is 4.92. The maximum Gasteiger partial charge on any atom is 0.150 e. The number of carbonyl (C=O) groups excluding carboxylic acids is 1. The van der Waals surface area contributed by atoms with E-state index in [9.17, 15) is 9.90 Å². The van der Waals surface area contributed by atoms with Gasteiger partial charge in [-0.3, -0.25) is 4.79 Å². The van der Waals surface area contributed by atoms with Gasteiger partial charge >= 0.3 is 0 Å². The molecule has 5 nitrogen and oxygen atoms in total. The lowest BCUT2D eigenvalue weighted by atomic mass is 9.93. The Morgan fingerprint density at radius 3 is 2.62 bits per heavy atom. The molecule has 0 saturated carbocycles. The van der Waals surface area contributed by atoms with Gasteiger partial charge in [0.05, 0.1) is 12.7 Å². The zero-order valence-corrected chi connectivity index (χ0v) is 11.5. The second kappa shape index (κ2) is 6.39. The minimum atomic E-state index is -0.899. The van der Waals surface area contributed by atoms with Crippen LogP contribution in [0.3, 0.4) is 0 Å². The Morgan fingerprint density at radius 2 is 1.95 bits per heavy atom. The smallest absolute Gasteiger partial charge is 0.150 e. The molecule has 0 amide bonds. The van der Waals surface area contributed by atoms with Gasteiger partial charge in [0.25, 0.3) is 0 Å². The summed E-state index contributed by atoms with van der Waals surface area (Å²) in [5.41, 5.74) is 15.6. The lowest BCUT2D eigenvalue weighted by molar-refractivity contribution is 0.0957. The van der Waals surface area contributed by atoms with Crippen LogP contribution in [0.15, 0.2) is 36.4 Å². The molecule has 0 heterocycles. The van der Waals surface area contributed by atoms with Crippen LogP contribution in [0.4, 0.5) is 11.4 Å². The van der Waals surface area contributed by atoms with Crippen molar-refractivity contribution in [3.8, 4) is 11.1 Å². The van der Waals surface area contributed by atoms with Crippen molar-refractivity contribution >= 4 is 17.7 Å². The summed E-state index contributed by atoms with van der Waals surface area (Å²) in [6.07, 6.45) is 0.0777. The first-order valence-corrected chi connectivity index (χ1v) is 6.57. The van der Waals surface area contributed by atoms with Crippen LogP contribution in [-0.2, 0) is 6.42 Å². The first kappa shape index (κ1) is 15.0. The third kappa shape index (κ3) is 3.39. The molecule has 5 heteroatoms. The summed E-state index contributed by atoms with van der Waals surface area (Å²) in [6.45, 7) is -0.350. The van der Waals surface area contributed by atoms with Gasteiger partial charge in [-0.25, -0.2) is 0 Å². The van der Waals surface area contributed by atoms with Crippen LogP contribution >= 0.6 is 0 Å². The number of nitrogen functional groups attached to an aromatic ring is 2. The van der Waals surface area contributed by atoms with Gasteiger partial charge in [-0.15, -0.1) is 0 Å². The summed E-state index contributed by atoms with van der Waals surface area (Å²) in [7, 11) is 0. The van der Waals surface area contributed by atoms with E-state index in [1.165, 1.54) is 0 Å². The van der Waals surface area contributed by atoms with Gasteiger partial charge in [-0.2, -0.15) is 0 Å². The number of hydrogen-bond acceptors (Lipinski definition) is 5. The average molecular weight is 286 g/mol. The summed E-state index contributed by atoms with van der Waals surface area (Å²) in [4.78, 5) is 10.9. The molecule has 0 aliphatic carbocycles. The number of aldehydes is 1. The molecule has 2 rings (SSSR count). The number of nitrogens with two attached hydrogens (primary N) is 2. The molecular formula is C16H18N2O3. The predicted molar refractivity (Wildman–Crippen MR) is 82.9 cm³/mol. The number of rotatable bonds is 5. The van der Waals surface area contributed by atoms with E-state index in [-0.39, 0.29) is 13.0 Å². The van der Waals surface area contributed by atoms with Crippen LogP contribution in [0.5, 0.6) is 0 Å². The van der Waals surface area contributed by atoms with Gasteiger partial charge < -0.3 is 21.7 Å². The van der Waals surface area contributed by atoms with Crippen molar-refractivity contribution in [1.29, 1.82) is 0 Å². The van der Waals surface area contributed by atoms with E-state index in [2.05, 4.69) is 0 Å². The molecule has 0 saturated heterocycles. The van der Waals surface area contributed by atoms with E-state index < -0.39 is 6.10 Å². The number of carbonyl (C=O) groups is 1. The molecule has 0 radical (unpaired) electrons. The second-order valence-electron chi connectivity index (χ2n) is 4.92. The van der Waals surface area contributed by atoms with Gasteiger partial charge in [-0.05, 0) is 34.9 Å². The van der Waals surface area contributed by atoms with Crippen molar-refractivity contribution in [2.75, 3.05) is 18.1 Å². The van der Waals surface area contributed by atoms with Crippen LogP contribution in [0, 0.1) is 0 Å². The molecular weight excluding hydrogens is 268 g/mol. The quantitative estimate of drug-likeness (QED) is 0.488. The lowest BCUT2D eigenvalue weighted by Crippen LogP contribution is -2.17. The minimum absolute atomic E-state index is 0.212. The molecule has 2 aromatic carbocycles.